The van der Waals surface area contributed by atoms with Crippen molar-refractivity contribution >= 4 is 16.9 Å². The van der Waals surface area contributed by atoms with Gasteiger partial charge in [0.15, 0.2) is 0 Å². The van der Waals surface area contributed by atoms with Crippen molar-refractivity contribution in [3.05, 3.63) is 59.9 Å². The number of aromatic nitrogens is 2. The maximum Gasteiger partial charge on any atom is 0.249 e. The molecule has 182 valence electrons. The predicted octanol–water partition coefficient (Wildman–Crippen LogP) is 5.21. The van der Waals surface area contributed by atoms with Crippen molar-refractivity contribution in [1.82, 2.24) is 14.9 Å². The average Bonchev–Trinajstić information content (AvgIpc) is 3.51. The Bertz CT molecular complexity index is 1060. The summed E-state index contributed by atoms with van der Waals surface area (Å²) in [5, 5.41) is 3.01. The van der Waals surface area contributed by atoms with E-state index in [1.807, 2.05) is 18.2 Å². The van der Waals surface area contributed by atoms with E-state index in [2.05, 4.69) is 47.1 Å². The summed E-state index contributed by atoms with van der Waals surface area (Å²) in [6.45, 7) is 5.18. The Kier molecular flexibility index (Phi) is 8.97. The molecule has 0 radical (unpaired) electrons. The third kappa shape index (κ3) is 6.60. The molecule has 1 aromatic heterocycles. The number of aryl methyl sites for hydroxylation is 3. The van der Waals surface area contributed by atoms with Crippen LogP contribution in [-0.2, 0) is 22.5 Å². The highest BCUT2D eigenvalue weighted by molar-refractivity contribution is 5.80. The van der Waals surface area contributed by atoms with Gasteiger partial charge in [0.05, 0.1) is 17.6 Å². The number of hydrogen-bond donors (Lipinski definition) is 1. The Balaban J connectivity index is 1.21. The van der Waals surface area contributed by atoms with Crippen molar-refractivity contribution in [2.75, 3.05) is 19.8 Å². The normalized spacial score (nSPS) is 15.6. The first-order chi connectivity index (χ1) is 16.7. The van der Waals surface area contributed by atoms with Crippen LogP contribution in [0, 0.1) is 6.92 Å². The summed E-state index contributed by atoms with van der Waals surface area (Å²) in [5.41, 5.74) is 3.45. The first-order valence-electron chi connectivity index (χ1n) is 12.7. The molecule has 0 saturated carbocycles. The third-order valence-electron chi connectivity index (χ3n) is 6.46. The zero-order valence-corrected chi connectivity index (χ0v) is 20.3. The number of amides is 1. The van der Waals surface area contributed by atoms with Gasteiger partial charge in [0.25, 0.3) is 0 Å². The molecule has 0 spiro atoms. The van der Waals surface area contributed by atoms with E-state index in [4.69, 9.17) is 14.5 Å². The van der Waals surface area contributed by atoms with Crippen molar-refractivity contribution in [3.63, 3.8) is 0 Å². The molecule has 1 N–H and O–H groups in total. The van der Waals surface area contributed by atoms with Gasteiger partial charge in [0.1, 0.15) is 17.7 Å². The Morgan fingerprint density at radius 2 is 1.94 bits per heavy atom. The zero-order chi connectivity index (χ0) is 23.6. The Labute approximate surface area is 202 Å². The number of carbonyl (C=O) groups excluding carboxylic acids is 1. The maximum atomic E-state index is 12.0. The van der Waals surface area contributed by atoms with Gasteiger partial charge < -0.3 is 19.4 Å². The molecule has 1 saturated heterocycles. The number of rotatable bonds is 13. The number of carbonyl (C=O) groups is 1. The number of nitrogens with zero attached hydrogens (tertiary/aromatic N) is 2. The van der Waals surface area contributed by atoms with Gasteiger partial charge in [-0.2, -0.15) is 0 Å². The fourth-order valence-corrected chi connectivity index (χ4v) is 4.53. The van der Waals surface area contributed by atoms with Gasteiger partial charge in [-0.3, -0.25) is 4.79 Å². The number of benzene rings is 2. The Morgan fingerprint density at radius 1 is 1.09 bits per heavy atom. The van der Waals surface area contributed by atoms with Gasteiger partial charge in [0.2, 0.25) is 5.91 Å². The van der Waals surface area contributed by atoms with Gasteiger partial charge in [0, 0.05) is 26.1 Å². The molecular formula is C28H37N3O3. The summed E-state index contributed by atoms with van der Waals surface area (Å²) in [7, 11) is 0. The topological polar surface area (TPSA) is 65.4 Å². The van der Waals surface area contributed by atoms with Gasteiger partial charge >= 0.3 is 0 Å². The molecule has 1 amide bonds. The first-order valence-corrected chi connectivity index (χ1v) is 12.7. The maximum absolute atomic E-state index is 12.0. The predicted molar refractivity (Wildman–Crippen MR) is 135 cm³/mol. The molecular weight excluding hydrogens is 426 g/mol. The SMILES string of the molecule is Cc1ccccc1OCCCCn1c(CCCCCNC(=O)C2CCCO2)nc2ccccc21. The van der Waals surface area contributed by atoms with Crippen LogP contribution in [0.3, 0.4) is 0 Å². The smallest absolute Gasteiger partial charge is 0.249 e. The van der Waals surface area contributed by atoms with Gasteiger partial charge in [-0.15, -0.1) is 0 Å². The van der Waals surface area contributed by atoms with E-state index >= 15 is 0 Å². The van der Waals surface area contributed by atoms with Crippen LogP contribution in [0.25, 0.3) is 11.0 Å². The highest BCUT2D eigenvalue weighted by Gasteiger charge is 2.22. The molecule has 6 nitrogen and oxygen atoms in total. The minimum atomic E-state index is -0.234. The number of imidazole rings is 1. The lowest BCUT2D eigenvalue weighted by molar-refractivity contribution is -0.130. The van der Waals surface area contributed by atoms with Crippen LogP contribution in [0.5, 0.6) is 5.75 Å². The fraction of sp³-hybridized carbons (Fsp3) is 0.500. The molecule has 0 aliphatic carbocycles. The molecule has 1 fully saturated rings. The van der Waals surface area contributed by atoms with Crippen LogP contribution in [-0.4, -0.2) is 41.3 Å². The van der Waals surface area contributed by atoms with Crippen molar-refractivity contribution in [3.8, 4) is 5.75 Å². The molecule has 0 bridgehead atoms. The molecule has 1 unspecified atom stereocenters. The summed E-state index contributed by atoms with van der Waals surface area (Å²) in [6, 6.07) is 16.6. The standard InChI is InChI=1S/C28H37N3O3/c1-22-12-4-7-15-25(22)33-20-10-9-19-31-24-14-6-5-13-23(24)30-27(31)17-3-2-8-18-29-28(32)26-16-11-21-34-26/h4-7,12-15,26H,2-3,8-11,16-21H2,1H3,(H,29,32). The molecule has 4 rings (SSSR count). The highest BCUT2D eigenvalue weighted by atomic mass is 16.5. The molecule has 2 heterocycles. The van der Waals surface area contributed by atoms with Crippen LogP contribution >= 0.6 is 0 Å². The van der Waals surface area contributed by atoms with E-state index in [9.17, 15) is 4.79 Å². The van der Waals surface area contributed by atoms with Crippen molar-refractivity contribution in [2.45, 2.75) is 70.9 Å². The van der Waals surface area contributed by atoms with Crippen molar-refractivity contribution in [1.29, 1.82) is 0 Å². The van der Waals surface area contributed by atoms with Gasteiger partial charge in [-0.05, 0) is 69.2 Å². The van der Waals surface area contributed by atoms with E-state index in [0.29, 0.717) is 6.61 Å². The molecule has 1 aliphatic heterocycles. The second-order valence-electron chi connectivity index (χ2n) is 9.09. The monoisotopic (exact) mass is 463 g/mol. The minimum Gasteiger partial charge on any atom is -0.493 e. The number of fused-ring (bicyclic) bond motifs is 1. The second-order valence-corrected chi connectivity index (χ2v) is 9.09. The van der Waals surface area contributed by atoms with Gasteiger partial charge in [-0.1, -0.05) is 36.8 Å². The molecule has 3 aromatic rings. The van der Waals surface area contributed by atoms with Crippen molar-refractivity contribution < 1.29 is 14.3 Å². The van der Waals surface area contributed by atoms with E-state index in [0.717, 1.165) is 88.2 Å². The average molecular weight is 464 g/mol. The molecule has 2 aromatic carbocycles. The van der Waals surface area contributed by atoms with E-state index in [1.165, 1.54) is 11.1 Å². The lowest BCUT2D eigenvalue weighted by Crippen LogP contribution is -2.34. The summed E-state index contributed by atoms with van der Waals surface area (Å²) in [6.07, 6.45) is 7.72. The first kappa shape index (κ1) is 24.3. The number of unbranched alkanes of at least 4 members (excludes halogenated alkanes) is 3. The summed E-state index contributed by atoms with van der Waals surface area (Å²) >= 11 is 0. The van der Waals surface area contributed by atoms with Crippen LogP contribution < -0.4 is 10.1 Å². The van der Waals surface area contributed by atoms with Crippen LogP contribution in [0.4, 0.5) is 0 Å². The van der Waals surface area contributed by atoms with Crippen molar-refractivity contribution in [2.24, 2.45) is 0 Å². The summed E-state index contributed by atoms with van der Waals surface area (Å²) < 4.78 is 13.8. The Hall–Kier alpha value is -2.86. The molecule has 34 heavy (non-hydrogen) atoms. The lowest BCUT2D eigenvalue weighted by Gasteiger charge is -2.12. The largest absolute Gasteiger partial charge is 0.493 e. The van der Waals surface area contributed by atoms with E-state index in [1.54, 1.807) is 0 Å². The highest BCUT2D eigenvalue weighted by Crippen LogP contribution is 2.20. The van der Waals surface area contributed by atoms with Crippen LogP contribution in [0.1, 0.15) is 56.3 Å². The lowest BCUT2D eigenvalue weighted by atomic mass is 10.1. The number of para-hydroxylation sites is 3. The number of hydrogen-bond acceptors (Lipinski definition) is 4. The Morgan fingerprint density at radius 3 is 2.79 bits per heavy atom. The quantitative estimate of drug-likeness (QED) is 0.353. The minimum absolute atomic E-state index is 0.0469. The fourth-order valence-electron chi connectivity index (χ4n) is 4.53. The number of ether oxygens (including phenoxy) is 2. The zero-order valence-electron chi connectivity index (χ0n) is 20.3. The molecule has 6 heteroatoms. The van der Waals surface area contributed by atoms with E-state index in [-0.39, 0.29) is 12.0 Å². The van der Waals surface area contributed by atoms with E-state index < -0.39 is 0 Å². The number of nitrogens with one attached hydrogen (secondary N) is 1. The van der Waals surface area contributed by atoms with Gasteiger partial charge in [-0.25, -0.2) is 4.98 Å². The van der Waals surface area contributed by atoms with Crippen LogP contribution in [0.15, 0.2) is 48.5 Å². The van der Waals surface area contributed by atoms with Crippen LogP contribution in [0.2, 0.25) is 0 Å². The molecule has 1 atom stereocenters. The second kappa shape index (κ2) is 12.6. The third-order valence-corrected chi connectivity index (χ3v) is 6.46. The summed E-state index contributed by atoms with van der Waals surface area (Å²) in [5.74, 6) is 2.18. The summed E-state index contributed by atoms with van der Waals surface area (Å²) in [4.78, 5) is 16.9. The molecule has 1 aliphatic rings.